The summed E-state index contributed by atoms with van der Waals surface area (Å²) in [5, 5.41) is 3.65. The molecule has 0 radical (unpaired) electrons. The molecule has 5 heteroatoms. The van der Waals surface area contributed by atoms with Gasteiger partial charge in [0.05, 0.1) is 0 Å². The smallest absolute Gasteiger partial charge is 0.260 e. The van der Waals surface area contributed by atoms with Gasteiger partial charge in [-0.2, -0.15) is 0 Å². The van der Waals surface area contributed by atoms with Gasteiger partial charge in [0.25, 0.3) is 5.91 Å². The van der Waals surface area contributed by atoms with Crippen molar-refractivity contribution in [2.75, 3.05) is 12.3 Å². The van der Waals surface area contributed by atoms with Crippen molar-refractivity contribution in [1.82, 2.24) is 5.32 Å². The van der Waals surface area contributed by atoms with Crippen molar-refractivity contribution in [2.24, 2.45) is 0 Å². The Bertz CT molecular complexity index is 731. The van der Waals surface area contributed by atoms with Crippen molar-refractivity contribution in [3.05, 3.63) is 58.1 Å². The monoisotopic (exact) mass is 377 g/mol. The van der Waals surface area contributed by atoms with Crippen LogP contribution < -0.4 is 10.1 Å². The molecule has 0 heterocycles. The molecule has 0 bridgehead atoms. The maximum absolute atomic E-state index is 12.2. The van der Waals surface area contributed by atoms with Crippen molar-refractivity contribution in [1.29, 1.82) is 0 Å². The lowest BCUT2D eigenvalue weighted by Crippen LogP contribution is -2.37. The molecule has 1 amide bonds. The van der Waals surface area contributed by atoms with Gasteiger partial charge in [-0.1, -0.05) is 17.7 Å². The molecule has 0 saturated carbocycles. The van der Waals surface area contributed by atoms with E-state index in [-0.39, 0.29) is 5.91 Å². The highest BCUT2D eigenvalue weighted by atomic mass is 35.5. The summed E-state index contributed by atoms with van der Waals surface area (Å²) in [5.41, 5.74) is 3.37. The third-order valence-corrected chi connectivity index (χ3v) is 5.19. The summed E-state index contributed by atoms with van der Waals surface area (Å²) < 4.78 is 5.86. The van der Waals surface area contributed by atoms with Gasteiger partial charge in [0.15, 0.2) is 6.10 Å². The van der Waals surface area contributed by atoms with Crippen LogP contribution in [0, 0.1) is 20.8 Å². The minimum Gasteiger partial charge on any atom is -0.481 e. The normalized spacial score (nSPS) is 11.9. The molecule has 1 N–H and O–H groups in total. The molecule has 0 saturated heterocycles. The summed E-state index contributed by atoms with van der Waals surface area (Å²) >= 11 is 7.55. The van der Waals surface area contributed by atoms with Crippen LogP contribution in [0.15, 0.2) is 41.3 Å². The van der Waals surface area contributed by atoms with E-state index in [2.05, 4.69) is 11.4 Å². The Hall–Kier alpha value is -1.65. The molecule has 2 rings (SSSR count). The molecule has 25 heavy (non-hydrogen) atoms. The van der Waals surface area contributed by atoms with E-state index in [4.69, 9.17) is 16.3 Å². The van der Waals surface area contributed by atoms with Crippen molar-refractivity contribution < 1.29 is 9.53 Å². The van der Waals surface area contributed by atoms with E-state index in [1.165, 1.54) is 5.56 Å². The van der Waals surface area contributed by atoms with Gasteiger partial charge >= 0.3 is 0 Å². The number of ether oxygens (including phenoxy) is 1. The summed E-state index contributed by atoms with van der Waals surface area (Å²) in [6.45, 7) is 8.45. The van der Waals surface area contributed by atoms with E-state index < -0.39 is 6.10 Å². The Morgan fingerprint density at radius 2 is 1.88 bits per heavy atom. The molecule has 0 unspecified atom stereocenters. The first-order valence-corrected chi connectivity index (χ1v) is 9.63. The van der Waals surface area contributed by atoms with Crippen LogP contribution in [0.25, 0.3) is 0 Å². The standard InChI is InChI=1S/C20H24ClNO2S/c1-13-11-14(2)15(3)19(12-13)24-16(4)20(23)22-9-10-25-18-7-5-17(21)6-8-18/h5-8,11-12,16H,9-10H2,1-4H3,(H,22,23)/t16-/m0/s1. The topological polar surface area (TPSA) is 38.3 Å². The van der Waals surface area contributed by atoms with Gasteiger partial charge in [0, 0.05) is 22.2 Å². The van der Waals surface area contributed by atoms with Gasteiger partial charge in [-0.05, 0) is 74.7 Å². The number of aryl methyl sites for hydroxylation is 2. The van der Waals surface area contributed by atoms with Crippen molar-refractivity contribution >= 4 is 29.3 Å². The van der Waals surface area contributed by atoms with Crippen LogP contribution in [0.4, 0.5) is 0 Å². The van der Waals surface area contributed by atoms with E-state index in [9.17, 15) is 4.79 Å². The fraction of sp³-hybridized carbons (Fsp3) is 0.350. The Morgan fingerprint density at radius 1 is 1.20 bits per heavy atom. The zero-order valence-corrected chi connectivity index (χ0v) is 16.6. The molecule has 0 aliphatic heterocycles. The lowest BCUT2D eigenvalue weighted by Gasteiger charge is -2.18. The maximum atomic E-state index is 12.2. The van der Waals surface area contributed by atoms with Crippen molar-refractivity contribution in [2.45, 2.75) is 38.7 Å². The van der Waals surface area contributed by atoms with Crippen LogP contribution in [0.5, 0.6) is 5.75 Å². The number of carbonyl (C=O) groups is 1. The molecule has 1 atom stereocenters. The van der Waals surface area contributed by atoms with Crippen LogP contribution >= 0.6 is 23.4 Å². The molecule has 3 nitrogen and oxygen atoms in total. The molecule has 2 aromatic rings. The largest absolute Gasteiger partial charge is 0.481 e. The van der Waals surface area contributed by atoms with Gasteiger partial charge in [-0.3, -0.25) is 4.79 Å². The van der Waals surface area contributed by atoms with Crippen molar-refractivity contribution in [3.8, 4) is 5.75 Å². The molecular weight excluding hydrogens is 354 g/mol. The van der Waals surface area contributed by atoms with E-state index in [0.717, 1.165) is 32.5 Å². The zero-order valence-electron chi connectivity index (χ0n) is 15.1. The zero-order chi connectivity index (χ0) is 18.4. The Kier molecular flexibility index (Phi) is 7.21. The van der Waals surface area contributed by atoms with Crippen LogP contribution in [-0.4, -0.2) is 24.3 Å². The highest BCUT2D eigenvalue weighted by Gasteiger charge is 2.16. The highest BCUT2D eigenvalue weighted by molar-refractivity contribution is 7.99. The number of benzene rings is 2. The van der Waals surface area contributed by atoms with Crippen LogP contribution in [0.3, 0.4) is 0 Å². The quantitative estimate of drug-likeness (QED) is 0.548. The number of hydrogen-bond donors (Lipinski definition) is 1. The molecular formula is C20H24ClNO2S. The van der Waals surface area contributed by atoms with Crippen LogP contribution in [-0.2, 0) is 4.79 Å². The fourth-order valence-electron chi connectivity index (χ4n) is 2.38. The second-order valence-corrected chi connectivity index (χ2v) is 7.66. The SMILES string of the molecule is Cc1cc(C)c(C)c(O[C@@H](C)C(=O)NCCSc2ccc(Cl)cc2)c1. The second kappa shape index (κ2) is 9.16. The van der Waals surface area contributed by atoms with Crippen molar-refractivity contribution in [3.63, 3.8) is 0 Å². The number of nitrogens with one attached hydrogen (secondary N) is 1. The summed E-state index contributed by atoms with van der Waals surface area (Å²) in [4.78, 5) is 13.4. The molecule has 134 valence electrons. The van der Waals surface area contributed by atoms with E-state index >= 15 is 0 Å². The molecule has 0 aliphatic rings. The van der Waals surface area contributed by atoms with E-state index in [1.807, 2.05) is 51.1 Å². The van der Waals surface area contributed by atoms with E-state index in [1.54, 1.807) is 18.7 Å². The van der Waals surface area contributed by atoms with Gasteiger partial charge in [-0.25, -0.2) is 0 Å². The molecule has 0 fully saturated rings. The maximum Gasteiger partial charge on any atom is 0.260 e. The summed E-state index contributed by atoms with van der Waals surface area (Å²) in [6.07, 6.45) is -0.527. The predicted octanol–water partition coefficient (Wildman–Crippen LogP) is 4.94. The average molecular weight is 378 g/mol. The number of halogens is 1. The lowest BCUT2D eigenvalue weighted by molar-refractivity contribution is -0.127. The fourth-order valence-corrected chi connectivity index (χ4v) is 3.28. The van der Waals surface area contributed by atoms with Gasteiger partial charge < -0.3 is 10.1 Å². The second-order valence-electron chi connectivity index (χ2n) is 6.06. The predicted molar refractivity (Wildman–Crippen MR) is 106 cm³/mol. The Morgan fingerprint density at radius 3 is 2.56 bits per heavy atom. The molecule has 0 spiro atoms. The average Bonchev–Trinajstić information content (AvgIpc) is 2.57. The highest BCUT2D eigenvalue weighted by Crippen LogP contribution is 2.24. The minimum atomic E-state index is -0.527. The lowest BCUT2D eigenvalue weighted by atomic mass is 10.1. The first-order valence-electron chi connectivity index (χ1n) is 8.27. The van der Waals surface area contributed by atoms with Gasteiger partial charge in [0.1, 0.15) is 5.75 Å². The van der Waals surface area contributed by atoms with Crippen LogP contribution in [0.2, 0.25) is 5.02 Å². The Balaban J connectivity index is 1.79. The number of hydrogen-bond acceptors (Lipinski definition) is 3. The number of carbonyl (C=O) groups excluding carboxylic acids is 1. The molecule has 2 aromatic carbocycles. The molecule has 0 aliphatic carbocycles. The summed E-state index contributed by atoms with van der Waals surface area (Å²) in [6, 6.07) is 11.8. The number of amides is 1. The van der Waals surface area contributed by atoms with Gasteiger partial charge in [0.2, 0.25) is 0 Å². The summed E-state index contributed by atoms with van der Waals surface area (Å²) in [7, 11) is 0. The van der Waals surface area contributed by atoms with Gasteiger partial charge in [-0.15, -0.1) is 11.8 Å². The third-order valence-electron chi connectivity index (χ3n) is 3.92. The first kappa shape index (κ1) is 19.7. The van der Waals surface area contributed by atoms with Crippen LogP contribution in [0.1, 0.15) is 23.6 Å². The molecule has 0 aromatic heterocycles. The third kappa shape index (κ3) is 5.98. The number of thioether (sulfide) groups is 1. The first-order chi connectivity index (χ1) is 11.9. The number of rotatable bonds is 7. The van der Waals surface area contributed by atoms with E-state index in [0.29, 0.717) is 6.54 Å². The summed E-state index contributed by atoms with van der Waals surface area (Å²) in [5.74, 6) is 1.47. The Labute approximate surface area is 159 Å². The minimum absolute atomic E-state index is 0.102.